The smallest absolute Gasteiger partial charge is 0.347 e. The number of carbonyl (C=O) groups is 2. The van der Waals surface area contributed by atoms with Crippen molar-refractivity contribution in [3.05, 3.63) is 34.3 Å². The van der Waals surface area contributed by atoms with E-state index in [-0.39, 0.29) is 16.7 Å². The quantitative estimate of drug-likeness (QED) is 0.424. The molecule has 0 radical (unpaired) electrons. The summed E-state index contributed by atoms with van der Waals surface area (Å²) in [6.45, 7) is 6.56. The number of hydrogen-bond acceptors (Lipinski definition) is 6. The topological polar surface area (TPSA) is 115 Å². The predicted octanol–water partition coefficient (Wildman–Crippen LogP) is 4.64. The number of amides is 1. The number of hydrogen-bond donors (Lipinski definition) is 3. The Morgan fingerprint density at radius 1 is 1.31 bits per heavy atom. The van der Waals surface area contributed by atoms with Crippen LogP contribution in [0.2, 0.25) is 0 Å². The Hall–Kier alpha value is -2.61. The lowest BCUT2D eigenvalue weighted by Crippen LogP contribution is -2.12. The first kappa shape index (κ1) is 22.7. The second-order valence-corrected chi connectivity index (χ2v) is 8.04. The number of rotatable bonds is 8. The molecule has 158 valence electrons. The third-order valence-electron chi connectivity index (χ3n) is 4.46. The maximum Gasteiger partial charge on any atom is 0.347 e. The minimum Gasteiger partial charge on any atom is -0.491 e. The number of para-hydroxylation sites is 1. The van der Waals surface area contributed by atoms with Gasteiger partial charge in [-0.05, 0) is 44.7 Å². The molecule has 8 heteroatoms. The van der Waals surface area contributed by atoms with E-state index in [9.17, 15) is 9.59 Å². The van der Waals surface area contributed by atoms with Crippen molar-refractivity contribution in [1.82, 2.24) is 4.98 Å². The van der Waals surface area contributed by atoms with Crippen molar-refractivity contribution in [3.8, 4) is 5.75 Å². The molecule has 0 atom stereocenters. The fourth-order valence-electron chi connectivity index (χ4n) is 2.52. The van der Waals surface area contributed by atoms with Gasteiger partial charge in [-0.3, -0.25) is 4.79 Å². The maximum atomic E-state index is 11.4. The largest absolute Gasteiger partial charge is 0.491 e. The molecule has 0 saturated heterocycles. The van der Waals surface area contributed by atoms with Gasteiger partial charge in [-0.25, -0.2) is 9.78 Å². The van der Waals surface area contributed by atoms with Crippen molar-refractivity contribution in [2.24, 2.45) is 5.92 Å². The number of nitrogens with one attached hydrogen (secondary N) is 1. The van der Waals surface area contributed by atoms with E-state index in [1.165, 1.54) is 12.8 Å². The van der Waals surface area contributed by atoms with Gasteiger partial charge in [0.05, 0.1) is 18.0 Å². The van der Waals surface area contributed by atoms with Crippen LogP contribution in [0.4, 0.5) is 10.8 Å². The van der Waals surface area contributed by atoms with Gasteiger partial charge in [0.15, 0.2) is 5.13 Å². The molecule has 3 rings (SSSR count). The first-order chi connectivity index (χ1) is 13.8. The van der Waals surface area contributed by atoms with Gasteiger partial charge in [-0.15, -0.1) is 0 Å². The molecule has 1 saturated carbocycles. The number of nitrogens with zero attached hydrogens (tertiary/aromatic N) is 1. The SMILES string of the molecule is CCCCCOc1cccc(C)c1N.Cc1nc(NC(=O)C2CC2)sc1C(=O)O. The van der Waals surface area contributed by atoms with Gasteiger partial charge in [0.1, 0.15) is 10.6 Å². The number of benzene rings is 1. The average Bonchev–Trinajstić information content (AvgIpc) is 3.46. The Labute approximate surface area is 175 Å². The Morgan fingerprint density at radius 3 is 2.62 bits per heavy atom. The Balaban J connectivity index is 0.000000208. The van der Waals surface area contributed by atoms with Gasteiger partial charge in [0.25, 0.3) is 0 Å². The highest BCUT2D eigenvalue weighted by Crippen LogP contribution is 2.31. The minimum absolute atomic E-state index is 0.0549. The van der Waals surface area contributed by atoms with Crippen molar-refractivity contribution in [1.29, 1.82) is 0 Å². The molecule has 0 unspecified atom stereocenters. The predicted molar refractivity (Wildman–Crippen MR) is 116 cm³/mol. The van der Waals surface area contributed by atoms with Crippen LogP contribution in [0, 0.1) is 19.8 Å². The summed E-state index contributed by atoms with van der Waals surface area (Å²) in [6.07, 6.45) is 5.37. The molecule has 1 aromatic carbocycles. The van der Waals surface area contributed by atoms with E-state index < -0.39 is 5.97 Å². The van der Waals surface area contributed by atoms with E-state index in [1.54, 1.807) is 6.92 Å². The van der Waals surface area contributed by atoms with Crippen LogP contribution in [0.25, 0.3) is 0 Å². The molecular formula is C21H29N3O4S. The minimum atomic E-state index is -1.00. The van der Waals surface area contributed by atoms with E-state index in [0.717, 1.165) is 54.2 Å². The van der Waals surface area contributed by atoms with Crippen LogP contribution in [0.1, 0.15) is 60.0 Å². The third-order valence-corrected chi connectivity index (χ3v) is 5.52. The summed E-state index contributed by atoms with van der Waals surface area (Å²) in [5.41, 5.74) is 8.16. The van der Waals surface area contributed by atoms with E-state index >= 15 is 0 Å². The molecule has 4 N–H and O–H groups in total. The maximum absolute atomic E-state index is 11.4. The lowest BCUT2D eigenvalue weighted by Gasteiger charge is -2.09. The zero-order chi connectivity index (χ0) is 21.4. The summed E-state index contributed by atoms with van der Waals surface area (Å²) in [7, 11) is 0. The van der Waals surface area contributed by atoms with E-state index in [0.29, 0.717) is 10.8 Å². The average molecular weight is 420 g/mol. The molecule has 7 nitrogen and oxygen atoms in total. The van der Waals surface area contributed by atoms with Crippen molar-refractivity contribution in [2.45, 2.75) is 52.9 Å². The summed E-state index contributed by atoms with van der Waals surface area (Å²) < 4.78 is 5.59. The summed E-state index contributed by atoms with van der Waals surface area (Å²) in [4.78, 5) is 26.3. The fourth-order valence-corrected chi connectivity index (χ4v) is 3.32. The molecule has 1 fully saturated rings. The molecule has 29 heavy (non-hydrogen) atoms. The number of aryl methyl sites for hydroxylation is 2. The number of aromatic nitrogens is 1. The highest BCUT2D eigenvalue weighted by atomic mass is 32.1. The van der Waals surface area contributed by atoms with Gasteiger partial charge in [0.2, 0.25) is 5.91 Å². The molecule has 1 aliphatic carbocycles. The Morgan fingerprint density at radius 2 is 2.03 bits per heavy atom. The van der Waals surface area contributed by atoms with E-state index in [2.05, 4.69) is 17.2 Å². The Kier molecular flexibility index (Phi) is 8.45. The number of nitrogen functional groups attached to an aromatic ring is 1. The van der Waals surface area contributed by atoms with Crippen molar-refractivity contribution in [3.63, 3.8) is 0 Å². The van der Waals surface area contributed by atoms with Crippen LogP contribution < -0.4 is 15.8 Å². The van der Waals surface area contributed by atoms with Gasteiger partial charge in [0, 0.05) is 5.92 Å². The van der Waals surface area contributed by atoms with Crippen molar-refractivity contribution < 1.29 is 19.4 Å². The van der Waals surface area contributed by atoms with Gasteiger partial charge in [-0.1, -0.05) is 43.2 Å². The Bertz CT molecular complexity index is 846. The first-order valence-electron chi connectivity index (χ1n) is 9.83. The molecular weight excluding hydrogens is 390 g/mol. The third kappa shape index (κ3) is 7.05. The van der Waals surface area contributed by atoms with Crippen molar-refractivity contribution >= 4 is 34.0 Å². The number of carbonyl (C=O) groups excluding carboxylic acids is 1. The molecule has 1 amide bonds. The summed E-state index contributed by atoms with van der Waals surface area (Å²) >= 11 is 0.999. The molecule has 1 aliphatic rings. The number of ether oxygens (including phenoxy) is 1. The van der Waals surface area contributed by atoms with Crippen LogP contribution in [0.3, 0.4) is 0 Å². The summed E-state index contributed by atoms with van der Waals surface area (Å²) in [5.74, 6) is -0.138. The normalized spacial score (nSPS) is 12.7. The summed E-state index contributed by atoms with van der Waals surface area (Å²) in [5, 5.41) is 11.8. The van der Waals surface area contributed by atoms with Crippen LogP contribution >= 0.6 is 11.3 Å². The number of carboxylic acid groups (broad SMARTS) is 1. The molecule has 0 spiro atoms. The second kappa shape index (κ2) is 10.8. The number of thiazole rings is 1. The summed E-state index contributed by atoms with van der Waals surface area (Å²) in [6, 6.07) is 5.89. The fraction of sp³-hybridized carbons (Fsp3) is 0.476. The highest BCUT2D eigenvalue weighted by molar-refractivity contribution is 7.17. The molecule has 0 bridgehead atoms. The van der Waals surface area contributed by atoms with Gasteiger partial charge < -0.3 is 20.9 Å². The second-order valence-electron chi connectivity index (χ2n) is 7.04. The van der Waals surface area contributed by atoms with Crippen LogP contribution in [-0.2, 0) is 4.79 Å². The van der Waals surface area contributed by atoms with Crippen LogP contribution in [0.15, 0.2) is 18.2 Å². The standard InChI is InChI=1S/C12H19NO.C9H10N2O3S/c1-3-4-5-9-14-11-8-6-7-10(2)12(11)13;1-4-6(8(13)14)15-9(10-4)11-7(12)5-2-3-5/h6-8H,3-5,9,13H2,1-2H3;5H,2-3H2,1H3,(H,13,14)(H,10,11,12). The number of aromatic carboxylic acids is 1. The van der Waals surface area contributed by atoms with Gasteiger partial charge >= 0.3 is 5.97 Å². The zero-order valence-electron chi connectivity index (χ0n) is 17.2. The number of carboxylic acids is 1. The first-order valence-corrected chi connectivity index (χ1v) is 10.6. The lowest BCUT2D eigenvalue weighted by atomic mass is 10.2. The van der Waals surface area contributed by atoms with Crippen LogP contribution in [0.5, 0.6) is 5.75 Å². The number of anilines is 2. The zero-order valence-corrected chi connectivity index (χ0v) is 18.0. The number of nitrogens with two attached hydrogens (primary N) is 1. The molecule has 1 aromatic heterocycles. The van der Waals surface area contributed by atoms with Gasteiger partial charge in [-0.2, -0.15) is 0 Å². The van der Waals surface area contributed by atoms with E-state index in [1.807, 2.05) is 25.1 Å². The van der Waals surface area contributed by atoms with Crippen LogP contribution in [-0.4, -0.2) is 28.6 Å². The lowest BCUT2D eigenvalue weighted by molar-refractivity contribution is -0.117. The highest BCUT2D eigenvalue weighted by Gasteiger charge is 2.30. The molecule has 0 aliphatic heterocycles. The monoisotopic (exact) mass is 419 g/mol. The van der Waals surface area contributed by atoms with E-state index in [4.69, 9.17) is 15.6 Å². The molecule has 2 aromatic rings. The van der Waals surface area contributed by atoms with Crippen molar-refractivity contribution in [2.75, 3.05) is 17.7 Å². The molecule has 1 heterocycles. The number of unbranched alkanes of at least 4 members (excludes halogenated alkanes) is 2.